The number of nitrogens with zero attached hydrogens (tertiary/aromatic N) is 3. The summed E-state index contributed by atoms with van der Waals surface area (Å²) in [6.45, 7) is 0.426. The third-order valence-electron chi connectivity index (χ3n) is 3.55. The first-order chi connectivity index (χ1) is 11.6. The average molecular weight is 388 g/mol. The Bertz CT molecular complexity index is 858. The summed E-state index contributed by atoms with van der Waals surface area (Å²) in [6.07, 6.45) is 0. The second-order valence-corrected chi connectivity index (χ2v) is 6.02. The van der Waals surface area contributed by atoms with E-state index in [1.165, 1.54) is 0 Å². The van der Waals surface area contributed by atoms with Gasteiger partial charge in [0.1, 0.15) is 11.4 Å². The zero-order valence-electron chi connectivity index (χ0n) is 12.8. The number of halogens is 1. The molecular formula is C17H14BrN3O3. The lowest BCUT2D eigenvalue weighted by molar-refractivity contribution is 0.0691. The molecule has 0 saturated heterocycles. The molecule has 6 nitrogen and oxygen atoms in total. The molecule has 0 bridgehead atoms. The number of aromatic carboxylic acids is 1. The Morgan fingerprint density at radius 2 is 1.83 bits per heavy atom. The zero-order valence-corrected chi connectivity index (χ0v) is 14.4. The maximum Gasteiger partial charge on any atom is 0.358 e. The van der Waals surface area contributed by atoms with E-state index in [1.807, 2.05) is 24.3 Å². The van der Waals surface area contributed by atoms with Gasteiger partial charge < -0.3 is 9.84 Å². The van der Waals surface area contributed by atoms with Crippen molar-refractivity contribution >= 4 is 21.9 Å². The van der Waals surface area contributed by atoms with E-state index in [-0.39, 0.29) is 5.69 Å². The number of carbonyl (C=O) groups is 1. The van der Waals surface area contributed by atoms with E-state index in [0.29, 0.717) is 18.0 Å². The van der Waals surface area contributed by atoms with E-state index in [1.54, 1.807) is 36.1 Å². The molecule has 1 aromatic heterocycles. The fraction of sp³-hybridized carbons (Fsp3) is 0.118. The van der Waals surface area contributed by atoms with Crippen molar-refractivity contribution in [3.8, 4) is 17.0 Å². The Kier molecular flexibility index (Phi) is 4.61. The van der Waals surface area contributed by atoms with Crippen molar-refractivity contribution in [1.82, 2.24) is 15.0 Å². The Hall–Kier alpha value is -2.67. The van der Waals surface area contributed by atoms with E-state index in [2.05, 4.69) is 26.2 Å². The fourth-order valence-corrected chi connectivity index (χ4v) is 2.63. The van der Waals surface area contributed by atoms with Crippen molar-refractivity contribution in [2.75, 3.05) is 7.11 Å². The van der Waals surface area contributed by atoms with Gasteiger partial charge >= 0.3 is 5.97 Å². The molecule has 3 aromatic rings. The number of hydrogen-bond acceptors (Lipinski definition) is 4. The Balaban J connectivity index is 2.03. The highest BCUT2D eigenvalue weighted by Crippen LogP contribution is 2.25. The summed E-state index contributed by atoms with van der Waals surface area (Å²) < 4.78 is 7.71. The summed E-state index contributed by atoms with van der Waals surface area (Å²) in [5.74, 6) is -0.412. The second-order valence-electron chi connectivity index (χ2n) is 5.10. The summed E-state index contributed by atoms with van der Waals surface area (Å²) in [7, 11) is 1.58. The smallest absolute Gasteiger partial charge is 0.358 e. The fourth-order valence-electron chi connectivity index (χ4n) is 2.37. The molecule has 0 atom stereocenters. The molecular weight excluding hydrogens is 374 g/mol. The van der Waals surface area contributed by atoms with Crippen LogP contribution in [-0.4, -0.2) is 33.2 Å². The minimum absolute atomic E-state index is 0.0720. The molecule has 0 aliphatic rings. The largest absolute Gasteiger partial charge is 0.497 e. The predicted octanol–water partition coefficient (Wildman–Crippen LogP) is 3.46. The van der Waals surface area contributed by atoms with Gasteiger partial charge in [-0.15, -0.1) is 5.10 Å². The molecule has 7 heteroatoms. The van der Waals surface area contributed by atoms with Crippen LogP contribution in [0.3, 0.4) is 0 Å². The quantitative estimate of drug-likeness (QED) is 0.725. The van der Waals surface area contributed by atoms with Crippen molar-refractivity contribution in [3.63, 3.8) is 0 Å². The van der Waals surface area contributed by atoms with Gasteiger partial charge in [0.15, 0.2) is 5.69 Å². The molecule has 0 amide bonds. The number of aromatic nitrogens is 3. The van der Waals surface area contributed by atoms with Gasteiger partial charge in [0.05, 0.1) is 13.7 Å². The van der Waals surface area contributed by atoms with Gasteiger partial charge in [-0.25, -0.2) is 9.48 Å². The van der Waals surface area contributed by atoms with Crippen molar-refractivity contribution < 1.29 is 14.6 Å². The molecule has 0 unspecified atom stereocenters. The van der Waals surface area contributed by atoms with Crippen LogP contribution in [0.25, 0.3) is 11.3 Å². The normalized spacial score (nSPS) is 10.6. The molecule has 0 spiro atoms. The van der Waals surface area contributed by atoms with Crippen molar-refractivity contribution in [2.24, 2.45) is 0 Å². The van der Waals surface area contributed by atoms with Crippen LogP contribution in [0.1, 0.15) is 16.1 Å². The highest BCUT2D eigenvalue weighted by atomic mass is 79.9. The first-order valence-electron chi connectivity index (χ1n) is 7.14. The second kappa shape index (κ2) is 6.84. The SMILES string of the molecule is COc1ccc(-c2c(C(=O)O)nnn2Cc2ccc(Br)cc2)cc1. The number of hydrogen-bond donors (Lipinski definition) is 1. The highest BCUT2D eigenvalue weighted by molar-refractivity contribution is 9.10. The van der Waals surface area contributed by atoms with E-state index >= 15 is 0 Å². The van der Waals surface area contributed by atoms with Crippen LogP contribution in [0.2, 0.25) is 0 Å². The molecule has 3 rings (SSSR count). The van der Waals surface area contributed by atoms with Gasteiger partial charge in [-0.05, 0) is 42.0 Å². The number of benzene rings is 2. The molecule has 0 aliphatic heterocycles. The molecule has 1 heterocycles. The van der Waals surface area contributed by atoms with Gasteiger partial charge in [0, 0.05) is 10.0 Å². The first-order valence-corrected chi connectivity index (χ1v) is 7.93. The summed E-state index contributed by atoms with van der Waals surface area (Å²) in [4.78, 5) is 11.5. The summed E-state index contributed by atoms with van der Waals surface area (Å²) in [6, 6.07) is 14.9. The number of methoxy groups -OCH3 is 1. The van der Waals surface area contributed by atoms with Crippen LogP contribution in [0, 0.1) is 0 Å². The zero-order chi connectivity index (χ0) is 17.1. The third-order valence-corrected chi connectivity index (χ3v) is 4.08. The Morgan fingerprint density at radius 3 is 2.42 bits per heavy atom. The molecule has 0 saturated carbocycles. The monoisotopic (exact) mass is 387 g/mol. The molecule has 24 heavy (non-hydrogen) atoms. The van der Waals surface area contributed by atoms with Crippen LogP contribution < -0.4 is 4.74 Å². The summed E-state index contributed by atoms with van der Waals surface area (Å²) in [5, 5.41) is 17.2. The van der Waals surface area contributed by atoms with Crippen LogP contribution in [-0.2, 0) is 6.54 Å². The number of carboxylic acid groups (broad SMARTS) is 1. The molecule has 1 N–H and O–H groups in total. The van der Waals surface area contributed by atoms with Gasteiger partial charge in [0.25, 0.3) is 0 Å². The topological polar surface area (TPSA) is 77.2 Å². The standard InChI is InChI=1S/C17H14BrN3O3/c1-24-14-8-4-12(5-9-14)16-15(17(22)23)19-20-21(16)10-11-2-6-13(18)7-3-11/h2-9H,10H2,1H3,(H,22,23). The van der Waals surface area contributed by atoms with Crippen LogP contribution in [0.15, 0.2) is 53.0 Å². The third kappa shape index (κ3) is 3.30. The van der Waals surface area contributed by atoms with Crippen molar-refractivity contribution in [2.45, 2.75) is 6.54 Å². The van der Waals surface area contributed by atoms with Crippen molar-refractivity contribution in [3.05, 3.63) is 64.3 Å². The van der Waals surface area contributed by atoms with Gasteiger partial charge in [-0.3, -0.25) is 0 Å². The van der Waals surface area contributed by atoms with E-state index in [4.69, 9.17) is 4.74 Å². The van der Waals surface area contributed by atoms with Crippen LogP contribution in [0.4, 0.5) is 0 Å². The minimum atomic E-state index is -1.11. The molecule has 0 aliphatic carbocycles. The number of rotatable bonds is 5. The predicted molar refractivity (Wildman–Crippen MR) is 92.2 cm³/mol. The Labute approximate surface area is 146 Å². The van der Waals surface area contributed by atoms with E-state index < -0.39 is 5.97 Å². The van der Waals surface area contributed by atoms with Gasteiger partial charge in [0.2, 0.25) is 0 Å². The maximum absolute atomic E-state index is 11.5. The van der Waals surface area contributed by atoms with E-state index in [9.17, 15) is 9.90 Å². The Morgan fingerprint density at radius 1 is 1.17 bits per heavy atom. The van der Waals surface area contributed by atoms with Gasteiger partial charge in [-0.1, -0.05) is 33.3 Å². The van der Waals surface area contributed by atoms with Gasteiger partial charge in [-0.2, -0.15) is 0 Å². The molecule has 122 valence electrons. The maximum atomic E-state index is 11.5. The molecule has 2 aromatic carbocycles. The lowest BCUT2D eigenvalue weighted by Crippen LogP contribution is -2.06. The molecule has 0 radical (unpaired) electrons. The average Bonchev–Trinajstić information content (AvgIpc) is 3.01. The minimum Gasteiger partial charge on any atom is -0.497 e. The number of ether oxygens (including phenoxy) is 1. The summed E-state index contributed by atoms with van der Waals surface area (Å²) >= 11 is 3.39. The summed E-state index contributed by atoms with van der Waals surface area (Å²) in [5.41, 5.74) is 2.11. The number of carboxylic acids is 1. The van der Waals surface area contributed by atoms with Crippen LogP contribution >= 0.6 is 15.9 Å². The van der Waals surface area contributed by atoms with Crippen LogP contribution in [0.5, 0.6) is 5.75 Å². The highest BCUT2D eigenvalue weighted by Gasteiger charge is 2.20. The lowest BCUT2D eigenvalue weighted by Gasteiger charge is -2.08. The lowest BCUT2D eigenvalue weighted by atomic mass is 10.1. The molecule has 0 fully saturated rings. The first kappa shape index (κ1) is 16.2. The van der Waals surface area contributed by atoms with E-state index in [0.717, 1.165) is 15.6 Å². The van der Waals surface area contributed by atoms with Crippen molar-refractivity contribution in [1.29, 1.82) is 0 Å².